The molecule has 0 atom stereocenters. The van der Waals surface area contributed by atoms with Gasteiger partial charge >= 0.3 is 0 Å². The van der Waals surface area contributed by atoms with Gasteiger partial charge in [0.05, 0.1) is 17.3 Å². The molecule has 0 N–H and O–H groups in total. The van der Waals surface area contributed by atoms with Crippen LogP contribution in [-0.4, -0.2) is 32.0 Å². The number of methoxy groups -OCH3 is 1. The zero-order valence-corrected chi connectivity index (χ0v) is 18.2. The molecule has 3 rings (SSSR count). The lowest BCUT2D eigenvalue weighted by molar-refractivity contribution is -0.116. The van der Waals surface area contributed by atoms with Crippen LogP contribution in [0.2, 0.25) is 5.02 Å². The van der Waals surface area contributed by atoms with Gasteiger partial charge in [0.15, 0.2) is 5.78 Å². The molecule has 0 saturated carbocycles. The number of carbonyl (C=O) groups is 2. The minimum absolute atomic E-state index is 0.00732. The van der Waals surface area contributed by atoms with E-state index in [1.54, 1.807) is 43.7 Å². The highest BCUT2D eigenvalue weighted by molar-refractivity contribution is 8.03. The Morgan fingerprint density at radius 1 is 1.17 bits per heavy atom. The van der Waals surface area contributed by atoms with E-state index in [1.807, 2.05) is 42.5 Å². The maximum Gasteiger partial charge on any atom is 0.223 e. The molecule has 152 valence electrons. The third-order valence-electron chi connectivity index (χ3n) is 4.51. The van der Waals surface area contributed by atoms with Gasteiger partial charge in [0, 0.05) is 48.8 Å². The number of nitrogens with zero attached hydrogens (tertiary/aromatic N) is 2. The first kappa shape index (κ1) is 21.4. The Kier molecular flexibility index (Phi) is 7.00. The number of benzene rings is 2. The number of fused-ring (bicyclic) bond motifs is 1. The number of ketones is 1. The summed E-state index contributed by atoms with van der Waals surface area (Å²) in [4.78, 5) is 28.8. The van der Waals surface area contributed by atoms with Gasteiger partial charge in [-0.05, 0) is 42.8 Å². The van der Waals surface area contributed by atoms with Crippen molar-refractivity contribution in [3.05, 3.63) is 64.2 Å². The summed E-state index contributed by atoms with van der Waals surface area (Å²) in [6.07, 6.45) is 1.65. The van der Waals surface area contributed by atoms with E-state index >= 15 is 0 Å². The van der Waals surface area contributed by atoms with Crippen molar-refractivity contribution < 1.29 is 14.3 Å². The van der Waals surface area contributed by atoms with E-state index in [0.29, 0.717) is 24.7 Å². The number of rotatable bonds is 7. The van der Waals surface area contributed by atoms with Crippen LogP contribution in [0.5, 0.6) is 0 Å². The van der Waals surface area contributed by atoms with Crippen molar-refractivity contribution in [1.82, 2.24) is 0 Å². The minimum Gasteiger partial charge on any atom is -0.383 e. The summed E-state index contributed by atoms with van der Waals surface area (Å²) in [7, 11) is 1.62. The first-order valence-corrected chi connectivity index (χ1v) is 10.4. The molecule has 0 spiro atoms. The maximum absolute atomic E-state index is 12.1. The Hall–Kier alpha value is -2.28. The number of ether oxygens (including phenoxy) is 1. The van der Waals surface area contributed by atoms with Gasteiger partial charge in [-0.1, -0.05) is 35.5 Å². The average Bonchev–Trinajstić information content (AvgIpc) is 2.99. The Morgan fingerprint density at radius 2 is 1.90 bits per heavy atom. The Morgan fingerprint density at radius 3 is 2.52 bits per heavy atom. The van der Waals surface area contributed by atoms with Crippen molar-refractivity contribution in [3.63, 3.8) is 0 Å². The molecule has 0 unspecified atom stereocenters. The van der Waals surface area contributed by atoms with Gasteiger partial charge in [-0.3, -0.25) is 9.59 Å². The lowest BCUT2D eigenvalue weighted by Gasteiger charge is -2.24. The third kappa shape index (κ3) is 5.21. The molecule has 7 heteroatoms. The van der Waals surface area contributed by atoms with E-state index in [0.717, 1.165) is 26.9 Å². The fourth-order valence-corrected chi connectivity index (χ4v) is 4.38. The number of amides is 1. The van der Waals surface area contributed by atoms with E-state index in [2.05, 4.69) is 4.90 Å². The van der Waals surface area contributed by atoms with E-state index in [-0.39, 0.29) is 11.7 Å². The second kappa shape index (κ2) is 9.48. The lowest BCUT2D eigenvalue weighted by atomic mass is 10.2. The normalized spacial score (nSPS) is 14.2. The third-order valence-corrected chi connectivity index (χ3v) is 5.87. The summed E-state index contributed by atoms with van der Waals surface area (Å²) in [5.74, 6) is -0.0523. The van der Waals surface area contributed by atoms with Crippen LogP contribution in [0.3, 0.4) is 0 Å². The number of thioether (sulfide) groups is 1. The molecule has 2 aromatic rings. The topological polar surface area (TPSA) is 49.9 Å². The summed E-state index contributed by atoms with van der Waals surface area (Å²) in [5.41, 5.74) is 2.85. The molecule has 5 nitrogen and oxygen atoms in total. The van der Waals surface area contributed by atoms with Crippen LogP contribution >= 0.6 is 23.4 Å². The van der Waals surface area contributed by atoms with Gasteiger partial charge in [0.25, 0.3) is 0 Å². The highest BCUT2D eigenvalue weighted by Crippen LogP contribution is 2.48. The first-order valence-electron chi connectivity index (χ1n) is 9.22. The largest absolute Gasteiger partial charge is 0.383 e. The number of hydrogen-bond acceptors (Lipinski definition) is 5. The molecule has 1 amide bonds. The van der Waals surface area contributed by atoms with E-state index in [9.17, 15) is 9.59 Å². The molecule has 0 bridgehead atoms. The summed E-state index contributed by atoms with van der Waals surface area (Å²) < 4.78 is 5.14. The number of allylic oxidation sites excluding steroid dienone is 1. The summed E-state index contributed by atoms with van der Waals surface area (Å²) in [6, 6.07) is 13.6. The zero-order chi connectivity index (χ0) is 21.0. The monoisotopic (exact) mass is 430 g/mol. The Labute approximate surface area is 180 Å². The quantitative estimate of drug-likeness (QED) is 0.586. The molecule has 2 aromatic carbocycles. The van der Waals surface area contributed by atoms with E-state index in [1.165, 1.54) is 0 Å². The smallest absolute Gasteiger partial charge is 0.223 e. The van der Waals surface area contributed by atoms with E-state index in [4.69, 9.17) is 16.3 Å². The number of anilines is 2. The fraction of sp³-hybridized carbons (Fsp3) is 0.273. The van der Waals surface area contributed by atoms with Crippen LogP contribution in [0, 0.1) is 0 Å². The van der Waals surface area contributed by atoms with Gasteiger partial charge in [0.1, 0.15) is 0 Å². The summed E-state index contributed by atoms with van der Waals surface area (Å²) >= 11 is 7.57. The maximum atomic E-state index is 12.1. The highest BCUT2D eigenvalue weighted by atomic mass is 35.5. The predicted octanol–water partition coefficient (Wildman–Crippen LogP) is 4.88. The molecule has 1 aliphatic rings. The lowest BCUT2D eigenvalue weighted by Crippen LogP contribution is -2.31. The average molecular weight is 431 g/mol. The fourth-order valence-electron chi connectivity index (χ4n) is 3.13. The van der Waals surface area contributed by atoms with Crippen LogP contribution < -0.4 is 9.80 Å². The molecule has 0 fully saturated rings. The molecule has 29 heavy (non-hydrogen) atoms. The molecule has 0 aliphatic carbocycles. The first-order chi connectivity index (χ1) is 13.9. The van der Waals surface area contributed by atoms with Crippen LogP contribution in [0.15, 0.2) is 58.5 Å². The number of hydrogen-bond donors (Lipinski definition) is 0. The van der Waals surface area contributed by atoms with Gasteiger partial charge in [-0.25, -0.2) is 0 Å². The summed E-state index contributed by atoms with van der Waals surface area (Å²) in [5, 5.41) is 1.55. The number of carbonyl (C=O) groups excluding carboxylic acids is 2. The molecule has 1 heterocycles. The van der Waals surface area contributed by atoms with Crippen molar-refractivity contribution in [2.24, 2.45) is 0 Å². The van der Waals surface area contributed by atoms with Crippen LogP contribution in [-0.2, 0) is 20.9 Å². The van der Waals surface area contributed by atoms with Crippen LogP contribution in [0.25, 0.3) is 0 Å². The van der Waals surface area contributed by atoms with Crippen molar-refractivity contribution in [2.45, 2.75) is 25.3 Å². The Bertz CT molecular complexity index is 944. The predicted molar refractivity (Wildman–Crippen MR) is 119 cm³/mol. The SMILES string of the molecule is COCCN(C(C)=O)c1ccc2c(c1)N(Cc1ccc(Cl)cc1)C(=CC(C)=O)S2. The van der Waals surface area contributed by atoms with Crippen LogP contribution in [0.1, 0.15) is 19.4 Å². The van der Waals surface area contributed by atoms with Crippen molar-refractivity contribution in [1.29, 1.82) is 0 Å². The van der Waals surface area contributed by atoms with E-state index < -0.39 is 0 Å². The standard InChI is InChI=1S/C22H23ClN2O3S/c1-15(26)12-22-25(14-17-4-6-18(23)7-5-17)20-13-19(8-9-21(20)29-22)24(16(2)27)10-11-28-3/h4-9,12-13H,10-11,14H2,1-3H3. The number of halogens is 1. The molecular formula is C22H23ClN2O3S. The minimum atomic E-state index is -0.0450. The highest BCUT2D eigenvalue weighted by Gasteiger charge is 2.27. The van der Waals surface area contributed by atoms with Crippen molar-refractivity contribution in [2.75, 3.05) is 30.1 Å². The second-order valence-electron chi connectivity index (χ2n) is 6.72. The van der Waals surface area contributed by atoms with Crippen molar-refractivity contribution >= 4 is 46.4 Å². The van der Waals surface area contributed by atoms with Crippen LogP contribution in [0.4, 0.5) is 11.4 Å². The van der Waals surface area contributed by atoms with Gasteiger partial charge in [0.2, 0.25) is 5.91 Å². The molecular weight excluding hydrogens is 408 g/mol. The zero-order valence-electron chi connectivity index (χ0n) is 16.6. The molecule has 0 saturated heterocycles. The van der Waals surface area contributed by atoms with Gasteiger partial charge in [-0.15, -0.1) is 0 Å². The molecule has 0 aromatic heterocycles. The van der Waals surface area contributed by atoms with Gasteiger partial charge in [-0.2, -0.15) is 0 Å². The second-order valence-corrected chi connectivity index (χ2v) is 8.22. The molecule has 1 aliphatic heterocycles. The molecule has 0 radical (unpaired) electrons. The summed E-state index contributed by atoms with van der Waals surface area (Å²) in [6.45, 7) is 4.62. The van der Waals surface area contributed by atoms with Crippen molar-refractivity contribution in [3.8, 4) is 0 Å². The van der Waals surface area contributed by atoms with Gasteiger partial charge < -0.3 is 14.5 Å². The Balaban J connectivity index is 1.98.